The zero-order valence-corrected chi connectivity index (χ0v) is 16.9. The van der Waals surface area contributed by atoms with Gasteiger partial charge in [0.05, 0.1) is 18.5 Å². The summed E-state index contributed by atoms with van der Waals surface area (Å²) in [5.41, 5.74) is 3.37. The number of hydrogen-bond donors (Lipinski definition) is 0. The molecular weight excluding hydrogens is 364 g/mol. The molecule has 1 fully saturated rings. The summed E-state index contributed by atoms with van der Waals surface area (Å²) in [4.78, 5) is 15.2. The Kier molecular flexibility index (Phi) is 5.60. The highest BCUT2D eigenvalue weighted by atomic mass is 16.5. The van der Waals surface area contributed by atoms with Gasteiger partial charge in [-0.2, -0.15) is 0 Å². The van der Waals surface area contributed by atoms with Crippen molar-refractivity contribution in [3.63, 3.8) is 0 Å². The number of benzene rings is 2. The van der Waals surface area contributed by atoms with Crippen molar-refractivity contribution in [2.24, 2.45) is 0 Å². The van der Waals surface area contributed by atoms with E-state index in [1.165, 1.54) is 5.56 Å². The maximum Gasteiger partial charge on any atom is 0.276 e. The number of carbonyl (C=O) groups is 1. The Morgan fingerprint density at radius 3 is 2.62 bits per heavy atom. The summed E-state index contributed by atoms with van der Waals surface area (Å²) >= 11 is 0. The second-order valence-electron chi connectivity index (χ2n) is 7.45. The Morgan fingerprint density at radius 1 is 1.14 bits per heavy atom. The zero-order valence-electron chi connectivity index (χ0n) is 16.9. The second-order valence-corrected chi connectivity index (χ2v) is 7.45. The number of amides is 1. The fourth-order valence-corrected chi connectivity index (χ4v) is 4.01. The highest BCUT2D eigenvalue weighted by Crippen LogP contribution is 2.25. The topological polar surface area (TPSA) is 60.2 Å². The van der Waals surface area contributed by atoms with Crippen LogP contribution in [0.3, 0.4) is 0 Å². The normalized spacial score (nSPS) is 16.2. The van der Waals surface area contributed by atoms with Crippen molar-refractivity contribution in [3.05, 3.63) is 71.5 Å². The first-order valence-electron chi connectivity index (χ1n) is 10.1. The molecule has 2 aromatic carbocycles. The van der Waals surface area contributed by atoms with Gasteiger partial charge in [-0.1, -0.05) is 35.5 Å². The summed E-state index contributed by atoms with van der Waals surface area (Å²) in [5.74, 6) is 0.763. The van der Waals surface area contributed by atoms with Gasteiger partial charge in [0, 0.05) is 12.6 Å². The molecule has 29 heavy (non-hydrogen) atoms. The van der Waals surface area contributed by atoms with Crippen LogP contribution in [0.2, 0.25) is 0 Å². The van der Waals surface area contributed by atoms with Crippen LogP contribution in [0.5, 0.6) is 5.75 Å². The first-order chi connectivity index (χ1) is 14.2. The molecule has 1 saturated heterocycles. The van der Waals surface area contributed by atoms with E-state index < -0.39 is 0 Å². The first-order valence-corrected chi connectivity index (χ1v) is 10.1. The molecular formula is C23H26N4O2. The van der Waals surface area contributed by atoms with E-state index in [0.29, 0.717) is 5.69 Å². The van der Waals surface area contributed by atoms with Crippen molar-refractivity contribution in [2.45, 2.75) is 38.6 Å². The quantitative estimate of drug-likeness (QED) is 0.642. The number of carbonyl (C=O) groups excluding carboxylic acids is 1. The highest BCUT2D eigenvalue weighted by Gasteiger charge is 2.32. The number of aromatic nitrogens is 3. The molecule has 4 rings (SSSR count). The van der Waals surface area contributed by atoms with Gasteiger partial charge in [-0.25, -0.2) is 4.68 Å². The van der Waals surface area contributed by atoms with Crippen LogP contribution < -0.4 is 4.74 Å². The van der Waals surface area contributed by atoms with Crippen LogP contribution >= 0.6 is 0 Å². The molecule has 1 aromatic heterocycles. The number of ether oxygens (including phenoxy) is 1. The summed E-state index contributed by atoms with van der Waals surface area (Å²) in [5, 5.41) is 8.45. The van der Waals surface area contributed by atoms with Gasteiger partial charge in [-0.15, -0.1) is 5.10 Å². The van der Waals surface area contributed by atoms with Crippen molar-refractivity contribution >= 4 is 5.91 Å². The van der Waals surface area contributed by atoms with Crippen LogP contribution in [0.4, 0.5) is 0 Å². The van der Waals surface area contributed by atoms with Crippen LogP contribution in [0.15, 0.2) is 54.6 Å². The third kappa shape index (κ3) is 4.01. The van der Waals surface area contributed by atoms with Gasteiger partial charge in [-0.05, 0) is 62.4 Å². The first kappa shape index (κ1) is 19.2. The maximum absolute atomic E-state index is 13.2. The van der Waals surface area contributed by atoms with Crippen LogP contribution in [-0.4, -0.2) is 45.5 Å². The van der Waals surface area contributed by atoms with E-state index in [9.17, 15) is 4.79 Å². The van der Waals surface area contributed by atoms with E-state index >= 15 is 0 Å². The molecule has 0 N–H and O–H groups in total. The SMILES string of the molecule is COc1ccc(-n2nnc(C(=O)N3CCCC3CCc3ccccc3)c2C)cc1. The zero-order chi connectivity index (χ0) is 20.2. The lowest BCUT2D eigenvalue weighted by atomic mass is 10.0. The molecule has 0 saturated carbocycles. The van der Waals surface area contributed by atoms with Gasteiger partial charge in [0.1, 0.15) is 5.75 Å². The summed E-state index contributed by atoms with van der Waals surface area (Å²) < 4.78 is 6.92. The standard InChI is InChI=1S/C23H26N4O2/c1-17-22(24-25-27(17)20-12-14-21(29-2)15-13-20)23(28)26-16-6-9-19(26)11-10-18-7-4-3-5-8-18/h3-5,7-8,12-15,19H,6,9-11,16H2,1-2H3. The van der Waals surface area contributed by atoms with Crippen molar-refractivity contribution in [1.82, 2.24) is 19.9 Å². The number of aryl methyl sites for hydroxylation is 1. The maximum atomic E-state index is 13.2. The van der Waals surface area contributed by atoms with Gasteiger partial charge in [0.15, 0.2) is 5.69 Å². The molecule has 0 radical (unpaired) electrons. The lowest BCUT2D eigenvalue weighted by molar-refractivity contribution is 0.0724. The molecule has 150 valence electrons. The minimum atomic E-state index is -0.0159. The molecule has 0 spiro atoms. The fraction of sp³-hybridized carbons (Fsp3) is 0.348. The molecule has 1 aliphatic rings. The van der Waals surface area contributed by atoms with Crippen molar-refractivity contribution in [3.8, 4) is 11.4 Å². The number of likely N-dealkylation sites (tertiary alicyclic amines) is 1. The van der Waals surface area contributed by atoms with Gasteiger partial charge in [0.2, 0.25) is 0 Å². The molecule has 3 aromatic rings. The molecule has 6 nitrogen and oxygen atoms in total. The smallest absolute Gasteiger partial charge is 0.276 e. The average molecular weight is 390 g/mol. The van der Waals surface area contributed by atoms with Gasteiger partial charge in [-0.3, -0.25) is 4.79 Å². The number of hydrogen-bond acceptors (Lipinski definition) is 4. The Labute approximate surface area is 171 Å². The molecule has 1 atom stereocenters. The van der Waals surface area contributed by atoms with Crippen LogP contribution in [-0.2, 0) is 6.42 Å². The monoisotopic (exact) mass is 390 g/mol. The van der Waals surface area contributed by atoms with Crippen molar-refractivity contribution in [2.75, 3.05) is 13.7 Å². The van der Waals surface area contributed by atoms with Crippen LogP contribution in [0.25, 0.3) is 5.69 Å². The Hall–Kier alpha value is -3.15. The van der Waals surface area contributed by atoms with Gasteiger partial charge < -0.3 is 9.64 Å². The average Bonchev–Trinajstić information content (AvgIpc) is 3.39. The van der Waals surface area contributed by atoms with Crippen LogP contribution in [0.1, 0.15) is 41.0 Å². The molecule has 1 amide bonds. The molecule has 2 heterocycles. The van der Waals surface area contributed by atoms with Gasteiger partial charge in [0.25, 0.3) is 5.91 Å². The molecule has 1 aliphatic heterocycles. The third-order valence-corrected chi connectivity index (χ3v) is 5.66. The van der Waals surface area contributed by atoms with E-state index in [2.05, 4.69) is 34.6 Å². The van der Waals surface area contributed by atoms with Crippen molar-refractivity contribution in [1.29, 1.82) is 0 Å². The van der Waals surface area contributed by atoms with E-state index in [1.807, 2.05) is 42.2 Å². The minimum Gasteiger partial charge on any atom is -0.497 e. The summed E-state index contributed by atoms with van der Waals surface area (Å²) in [6.45, 7) is 2.68. The predicted octanol–water partition coefficient (Wildman–Crippen LogP) is 3.82. The lowest BCUT2D eigenvalue weighted by Crippen LogP contribution is -2.36. The lowest BCUT2D eigenvalue weighted by Gasteiger charge is -2.24. The fourth-order valence-electron chi connectivity index (χ4n) is 4.01. The summed E-state index contributed by atoms with van der Waals surface area (Å²) in [7, 11) is 1.64. The second kappa shape index (κ2) is 8.47. The number of nitrogens with zero attached hydrogens (tertiary/aromatic N) is 4. The largest absolute Gasteiger partial charge is 0.497 e. The van der Waals surface area contributed by atoms with E-state index in [1.54, 1.807) is 11.8 Å². The number of methoxy groups -OCH3 is 1. The minimum absolute atomic E-state index is 0.0159. The molecule has 1 unspecified atom stereocenters. The van der Waals surface area contributed by atoms with Crippen LogP contribution in [0, 0.1) is 6.92 Å². The number of rotatable bonds is 6. The highest BCUT2D eigenvalue weighted by molar-refractivity contribution is 5.93. The van der Waals surface area contributed by atoms with Gasteiger partial charge >= 0.3 is 0 Å². The predicted molar refractivity (Wildman–Crippen MR) is 111 cm³/mol. The molecule has 0 aliphatic carbocycles. The van der Waals surface area contributed by atoms with E-state index in [4.69, 9.17) is 4.74 Å². The third-order valence-electron chi connectivity index (χ3n) is 5.66. The Balaban J connectivity index is 1.49. The molecule has 0 bridgehead atoms. The van der Waals surface area contributed by atoms with E-state index in [-0.39, 0.29) is 11.9 Å². The summed E-state index contributed by atoms with van der Waals surface area (Å²) in [6.07, 6.45) is 4.04. The van der Waals surface area contributed by atoms with E-state index in [0.717, 1.165) is 49.4 Å². The Morgan fingerprint density at radius 2 is 1.90 bits per heavy atom. The van der Waals surface area contributed by atoms with Crippen molar-refractivity contribution < 1.29 is 9.53 Å². The summed E-state index contributed by atoms with van der Waals surface area (Å²) in [6, 6.07) is 18.3. The Bertz CT molecular complexity index is 966. The molecule has 6 heteroatoms.